The molecule has 0 fully saturated rings. The molecule has 86 valence electrons. The number of nitrogens with zero attached hydrogens (tertiary/aromatic N) is 1. The van der Waals surface area contributed by atoms with Crippen molar-refractivity contribution in [2.75, 3.05) is 19.8 Å². The van der Waals surface area contributed by atoms with Crippen LogP contribution in [0.15, 0.2) is 24.3 Å². The number of para-hydroxylation sites is 1. The van der Waals surface area contributed by atoms with Crippen molar-refractivity contribution in [3.05, 3.63) is 29.8 Å². The second-order valence-corrected chi connectivity index (χ2v) is 3.31. The second-order valence-electron chi connectivity index (χ2n) is 3.31. The lowest BCUT2D eigenvalue weighted by molar-refractivity contribution is 0.285. The minimum absolute atomic E-state index is 0.0631. The van der Waals surface area contributed by atoms with Crippen LogP contribution in [0.4, 0.5) is 0 Å². The Morgan fingerprint density at radius 2 is 2.19 bits per heavy atom. The van der Waals surface area contributed by atoms with Crippen LogP contribution in [-0.4, -0.2) is 24.9 Å². The van der Waals surface area contributed by atoms with E-state index in [0.717, 1.165) is 24.3 Å². The molecule has 16 heavy (non-hydrogen) atoms. The summed E-state index contributed by atoms with van der Waals surface area (Å²) in [7, 11) is 0. The molecule has 0 heterocycles. The van der Waals surface area contributed by atoms with E-state index in [1.54, 1.807) is 0 Å². The Labute approximate surface area is 95.5 Å². The van der Waals surface area contributed by atoms with Crippen molar-refractivity contribution in [1.29, 1.82) is 5.26 Å². The Balaban J connectivity index is 2.47. The molecule has 0 spiro atoms. The minimum atomic E-state index is 0.0631. The van der Waals surface area contributed by atoms with Crippen molar-refractivity contribution in [1.82, 2.24) is 5.32 Å². The summed E-state index contributed by atoms with van der Waals surface area (Å²) in [5, 5.41) is 20.3. The van der Waals surface area contributed by atoms with E-state index in [1.807, 2.05) is 30.3 Å². The third-order valence-corrected chi connectivity index (χ3v) is 2.09. The smallest absolute Gasteiger partial charge is 0.174 e. The Morgan fingerprint density at radius 3 is 2.94 bits per heavy atom. The fourth-order valence-corrected chi connectivity index (χ4v) is 1.33. The highest BCUT2D eigenvalue weighted by atomic mass is 16.5. The van der Waals surface area contributed by atoms with Crippen LogP contribution in [0.5, 0.6) is 5.75 Å². The maximum Gasteiger partial charge on any atom is 0.174 e. The van der Waals surface area contributed by atoms with Gasteiger partial charge in [0.05, 0.1) is 0 Å². The first-order chi connectivity index (χ1) is 7.88. The molecule has 2 N–H and O–H groups in total. The van der Waals surface area contributed by atoms with E-state index in [-0.39, 0.29) is 13.2 Å². The standard InChI is InChI=1S/C12H16N2O2/c13-6-9-16-12-5-2-1-4-11(12)10-14-7-3-8-15/h1-2,4-5,14-15H,3,7-10H2. The number of aliphatic hydroxyl groups is 1. The molecule has 0 unspecified atom stereocenters. The summed E-state index contributed by atoms with van der Waals surface area (Å²) in [5.74, 6) is 0.737. The fraction of sp³-hybridized carbons (Fsp3) is 0.417. The lowest BCUT2D eigenvalue weighted by Crippen LogP contribution is -2.16. The van der Waals surface area contributed by atoms with E-state index in [4.69, 9.17) is 15.1 Å². The number of hydrogen-bond donors (Lipinski definition) is 2. The monoisotopic (exact) mass is 220 g/mol. The lowest BCUT2D eigenvalue weighted by Gasteiger charge is -2.09. The highest BCUT2D eigenvalue weighted by Gasteiger charge is 2.01. The zero-order valence-corrected chi connectivity index (χ0v) is 9.15. The molecular formula is C12H16N2O2. The number of nitrogens with one attached hydrogen (secondary N) is 1. The molecule has 1 aromatic rings. The van der Waals surface area contributed by atoms with Crippen molar-refractivity contribution in [3.8, 4) is 11.8 Å². The molecule has 0 saturated heterocycles. The maximum absolute atomic E-state index is 8.63. The van der Waals surface area contributed by atoms with Gasteiger partial charge in [0.15, 0.2) is 6.61 Å². The molecule has 0 aromatic heterocycles. The second kappa shape index (κ2) is 7.69. The normalized spacial score (nSPS) is 9.75. The van der Waals surface area contributed by atoms with Gasteiger partial charge >= 0.3 is 0 Å². The van der Waals surface area contributed by atoms with Crippen LogP contribution in [0, 0.1) is 11.3 Å². The average Bonchev–Trinajstić information content (AvgIpc) is 2.33. The average molecular weight is 220 g/mol. The van der Waals surface area contributed by atoms with Gasteiger partial charge in [-0.25, -0.2) is 0 Å². The highest BCUT2D eigenvalue weighted by molar-refractivity contribution is 5.33. The highest BCUT2D eigenvalue weighted by Crippen LogP contribution is 2.17. The minimum Gasteiger partial charge on any atom is -0.478 e. The van der Waals surface area contributed by atoms with Gasteiger partial charge in [-0.2, -0.15) is 5.26 Å². The summed E-state index contributed by atoms with van der Waals surface area (Å²) in [6.45, 7) is 1.71. The van der Waals surface area contributed by atoms with Gasteiger partial charge in [-0.05, 0) is 19.0 Å². The zero-order valence-electron chi connectivity index (χ0n) is 9.15. The van der Waals surface area contributed by atoms with Gasteiger partial charge in [0.2, 0.25) is 0 Å². The predicted octanol–water partition coefficient (Wildman–Crippen LogP) is 1.06. The van der Waals surface area contributed by atoms with Crippen LogP contribution in [0.2, 0.25) is 0 Å². The summed E-state index contributed by atoms with van der Waals surface area (Å²) in [4.78, 5) is 0. The molecule has 0 radical (unpaired) electrons. The van der Waals surface area contributed by atoms with Crippen molar-refractivity contribution in [3.63, 3.8) is 0 Å². The van der Waals surface area contributed by atoms with Crippen molar-refractivity contribution < 1.29 is 9.84 Å². The number of ether oxygens (including phenoxy) is 1. The summed E-state index contributed by atoms with van der Waals surface area (Å²) in [6.07, 6.45) is 0.737. The molecule has 0 bridgehead atoms. The largest absolute Gasteiger partial charge is 0.478 e. The van der Waals surface area contributed by atoms with Crippen LogP contribution < -0.4 is 10.1 Å². The predicted molar refractivity (Wildman–Crippen MR) is 61.0 cm³/mol. The quantitative estimate of drug-likeness (QED) is 0.674. The molecular weight excluding hydrogens is 204 g/mol. The summed E-state index contributed by atoms with van der Waals surface area (Å²) < 4.78 is 5.29. The molecule has 0 aliphatic carbocycles. The molecule has 4 nitrogen and oxygen atoms in total. The first-order valence-corrected chi connectivity index (χ1v) is 5.27. The summed E-state index contributed by atoms with van der Waals surface area (Å²) in [6, 6.07) is 9.56. The Hall–Kier alpha value is -1.57. The maximum atomic E-state index is 8.63. The van der Waals surface area contributed by atoms with Crippen molar-refractivity contribution >= 4 is 0 Å². The van der Waals surface area contributed by atoms with Crippen LogP contribution in [-0.2, 0) is 6.54 Å². The third kappa shape index (κ3) is 4.30. The first-order valence-electron chi connectivity index (χ1n) is 5.27. The molecule has 0 atom stereocenters. The van der Waals surface area contributed by atoms with Gasteiger partial charge in [-0.15, -0.1) is 0 Å². The molecule has 1 rings (SSSR count). The molecule has 4 heteroatoms. The zero-order chi connectivity index (χ0) is 11.6. The van der Waals surface area contributed by atoms with Crippen LogP contribution in [0.1, 0.15) is 12.0 Å². The Morgan fingerprint density at radius 1 is 1.38 bits per heavy atom. The number of hydrogen-bond acceptors (Lipinski definition) is 4. The molecule has 0 aliphatic heterocycles. The van der Waals surface area contributed by atoms with Crippen molar-refractivity contribution in [2.45, 2.75) is 13.0 Å². The molecule has 0 aliphatic rings. The van der Waals surface area contributed by atoms with E-state index < -0.39 is 0 Å². The SMILES string of the molecule is N#CCOc1ccccc1CNCCCO. The van der Waals surface area contributed by atoms with Gasteiger partial charge in [-0.3, -0.25) is 0 Å². The van der Waals surface area contributed by atoms with E-state index in [1.165, 1.54) is 0 Å². The number of nitriles is 1. The number of aliphatic hydroxyl groups excluding tert-OH is 1. The van der Waals surface area contributed by atoms with E-state index in [2.05, 4.69) is 5.32 Å². The fourth-order valence-electron chi connectivity index (χ4n) is 1.33. The van der Waals surface area contributed by atoms with Gasteiger partial charge in [0.1, 0.15) is 11.8 Å². The molecule has 0 amide bonds. The Kier molecular flexibility index (Phi) is 6.00. The van der Waals surface area contributed by atoms with Crippen LogP contribution in [0.25, 0.3) is 0 Å². The van der Waals surface area contributed by atoms with Gasteiger partial charge in [0, 0.05) is 18.7 Å². The third-order valence-electron chi connectivity index (χ3n) is 2.09. The lowest BCUT2D eigenvalue weighted by atomic mass is 10.2. The van der Waals surface area contributed by atoms with Crippen molar-refractivity contribution in [2.24, 2.45) is 0 Å². The van der Waals surface area contributed by atoms with E-state index in [9.17, 15) is 0 Å². The number of rotatable bonds is 7. The van der Waals surface area contributed by atoms with Crippen LogP contribution >= 0.6 is 0 Å². The molecule has 1 aromatic carbocycles. The summed E-state index contributed by atoms with van der Waals surface area (Å²) >= 11 is 0. The van der Waals surface area contributed by atoms with Gasteiger partial charge < -0.3 is 15.2 Å². The first kappa shape index (κ1) is 12.5. The Bertz CT molecular complexity index is 347. The summed E-state index contributed by atoms with van der Waals surface area (Å²) in [5.41, 5.74) is 1.02. The van der Waals surface area contributed by atoms with E-state index in [0.29, 0.717) is 6.54 Å². The van der Waals surface area contributed by atoms with Gasteiger partial charge in [0.25, 0.3) is 0 Å². The molecule has 0 saturated carbocycles. The number of benzene rings is 1. The topological polar surface area (TPSA) is 65.3 Å². The van der Waals surface area contributed by atoms with Crippen LogP contribution in [0.3, 0.4) is 0 Å². The van der Waals surface area contributed by atoms with E-state index >= 15 is 0 Å². The van der Waals surface area contributed by atoms with Gasteiger partial charge in [-0.1, -0.05) is 18.2 Å².